The number of carbonyl (C=O) groups is 1. The quantitative estimate of drug-likeness (QED) is 0.772. The molecule has 0 aliphatic carbocycles. The Bertz CT molecular complexity index is 853. The number of H-pyrrole nitrogens is 1. The molecule has 6 heteroatoms. The van der Waals surface area contributed by atoms with Crippen LogP contribution in [0.3, 0.4) is 0 Å². The van der Waals surface area contributed by atoms with Crippen LogP contribution in [0.2, 0.25) is 0 Å². The number of aromatic nitrogens is 2. The van der Waals surface area contributed by atoms with Crippen molar-refractivity contribution in [1.82, 2.24) is 14.9 Å². The minimum Gasteiger partial charge on any atom is -0.463 e. The van der Waals surface area contributed by atoms with Crippen LogP contribution in [0.4, 0.5) is 0 Å². The molecule has 1 fully saturated rings. The third-order valence-corrected chi connectivity index (χ3v) is 4.74. The average molecular weight is 324 g/mol. The summed E-state index contributed by atoms with van der Waals surface area (Å²) in [6, 6.07) is 7.82. The number of hydrogen-bond acceptors (Lipinski definition) is 4. The maximum Gasteiger partial charge on any atom is 0.221 e. The van der Waals surface area contributed by atoms with E-state index in [-0.39, 0.29) is 11.8 Å². The van der Waals surface area contributed by atoms with Gasteiger partial charge < -0.3 is 15.1 Å². The van der Waals surface area contributed by atoms with E-state index in [1.165, 1.54) is 0 Å². The Morgan fingerprint density at radius 2 is 2.33 bits per heavy atom. The molecule has 0 spiro atoms. The molecular weight excluding hydrogens is 304 g/mol. The summed E-state index contributed by atoms with van der Waals surface area (Å²) in [6.07, 6.45) is 5.32. The summed E-state index contributed by atoms with van der Waals surface area (Å²) in [7, 11) is 0. The Labute approximate surface area is 139 Å². The van der Waals surface area contributed by atoms with Crippen molar-refractivity contribution in [3.05, 3.63) is 42.3 Å². The van der Waals surface area contributed by atoms with Gasteiger partial charge in [0.25, 0.3) is 0 Å². The van der Waals surface area contributed by atoms with Gasteiger partial charge in [-0.1, -0.05) is 0 Å². The monoisotopic (exact) mass is 324 g/mol. The molecule has 3 aromatic rings. The highest BCUT2D eigenvalue weighted by molar-refractivity contribution is 5.87. The molecule has 0 radical (unpaired) electrons. The summed E-state index contributed by atoms with van der Waals surface area (Å²) in [4.78, 5) is 21.6. The number of fused-ring (bicyclic) bond motifs is 1. The van der Waals surface area contributed by atoms with Gasteiger partial charge in [-0.3, -0.25) is 9.69 Å². The summed E-state index contributed by atoms with van der Waals surface area (Å²) < 4.78 is 5.59. The van der Waals surface area contributed by atoms with Crippen LogP contribution < -0.4 is 5.73 Å². The zero-order valence-corrected chi connectivity index (χ0v) is 13.4. The third kappa shape index (κ3) is 2.69. The van der Waals surface area contributed by atoms with Crippen molar-refractivity contribution in [3.8, 4) is 11.5 Å². The summed E-state index contributed by atoms with van der Waals surface area (Å²) in [5.41, 5.74) is 8.46. The van der Waals surface area contributed by atoms with Crippen molar-refractivity contribution in [2.75, 3.05) is 13.1 Å². The normalized spacial score (nSPS) is 18.9. The van der Waals surface area contributed by atoms with Crippen LogP contribution in [0.25, 0.3) is 22.5 Å². The molecule has 1 aliphatic rings. The zero-order chi connectivity index (χ0) is 16.5. The number of aromatic amines is 1. The van der Waals surface area contributed by atoms with E-state index in [0.717, 1.165) is 54.0 Å². The lowest BCUT2D eigenvalue weighted by atomic mass is 9.97. The fourth-order valence-electron chi connectivity index (χ4n) is 3.53. The molecule has 0 bridgehead atoms. The first-order valence-electron chi connectivity index (χ1n) is 8.23. The van der Waals surface area contributed by atoms with Crippen LogP contribution in [-0.2, 0) is 11.3 Å². The Balaban J connectivity index is 1.70. The van der Waals surface area contributed by atoms with Gasteiger partial charge in [-0.05, 0) is 43.7 Å². The maximum atomic E-state index is 11.5. The molecule has 1 amide bonds. The molecule has 0 unspecified atom stereocenters. The molecule has 4 rings (SSSR count). The lowest BCUT2D eigenvalue weighted by Gasteiger charge is -2.31. The summed E-state index contributed by atoms with van der Waals surface area (Å²) >= 11 is 0. The van der Waals surface area contributed by atoms with E-state index >= 15 is 0 Å². The van der Waals surface area contributed by atoms with Crippen LogP contribution in [0.5, 0.6) is 0 Å². The number of nitrogens with one attached hydrogen (secondary N) is 1. The van der Waals surface area contributed by atoms with E-state index in [9.17, 15) is 4.79 Å². The van der Waals surface area contributed by atoms with E-state index in [4.69, 9.17) is 10.2 Å². The van der Waals surface area contributed by atoms with Crippen molar-refractivity contribution in [1.29, 1.82) is 0 Å². The number of likely N-dealkylation sites (tertiary alicyclic amines) is 1. The van der Waals surface area contributed by atoms with Gasteiger partial charge in [0.1, 0.15) is 11.4 Å². The van der Waals surface area contributed by atoms with Crippen LogP contribution in [0.1, 0.15) is 18.4 Å². The maximum absolute atomic E-state index is 11.5. The smallest absolute Gasteiger partial charge is 0.221 e. The molecule has 6 nitrogen and oxygen atoms in total. The highest BCUT2D eigenvalue weighted by Crippen LogP contribution is 2.31. The van der Waals surface area contributed by atoms with Crippen LogP contribution in [0, 0.1) is 5.92 Å². The molecule has 1 aliphatic heterocycles. The second-order valence-corrected chi connectivity index (χ2v) is 6.33. The highest BCUT2D eigenvalue weighted by atomic mass is 16.3. The summed E-state index contributed by atoms with van der Waals surface area (Å²) in [6.45, 7) is 2.42. The van der Waals surface area contributed by atoms with Gasteiger partial charge in [0.2, 0.25) is 5.91 Å². The Kier molecular flexibility index (Phi) is 3.82. The Hall–Kier alpha value is -2.60. The summed E-state index contributed by atoms with van der Waals surface area (Å²) in [5, 5.41) is 1.09. The lowest BCUT2D eigenvalue weighted by molar-refractivity contribution is -0.123. The predicted octanol–water partition coefficient (Wildman–Crippen LogP) is 2.52. The third-order valence-electron chi connectivity index (χ3n) is 4.74. The molecule has 1 atom stereocenters. The number of piperidine rings is 1. The minimum absolute atomic E-state index is 0.0610. The Morgan fingerprint density at radius 3 is 3.12 bits per heavy atom. The molecule has 1 saturated heterocycles. The molecule has 3 aromatic heterocycles. The summed E-state index contributed by atoms with van der Waals surface area (Å²) in [5.74, 6) is 0.534. The SMILES string of the molecule is NC(=O)[C@H]1CCCN(Cc2c(-c3ccco3)[nH]c3ncccc23)C1. The fraction of sp³-hybridized carbons (Fsp3) is 0.333. The van der Waals surface area contributed by atoms with Crippen LogP contribution >= 0.6 is 0 Å². The molecular formula is C18H20N4O2. The number of carbonyl (C=O) groups excluding carboxylic acids is 1. The lowest BCUT2D eigenvalue weighted by Crippen LogP contribution is -2.40. The van der Waals surface area contributed by atoms with Gasteiger partial charge in [-0.2, -0.15) is 0 Å². The van der Waals surface area contributed by atoms with Crippen LogP contribution in [-0.4, -0.2) is 33.9 Å². The fourth-order valence-corrected chi connectivity index (χ4v) is 3.53. The Morgan fingerprint density at radius 1 is 1.42 bits per heavy atom. The standard InChI is InChI=1S/C18H20N4O2/c19-17(23)12-4-2-8-22(10-12)11-14-13-5-1-7-20-18(13)21-16(14)15-6-3-9-24-15/h1,3,5-7,9,12H,2,4,8,10-11H2,(H2,19,23)(H,20,21)/t12-/m0/s1. The second kappa shape index (κ2) is 6.13. The second-order valence-electron chi connectivity index (χ2n) is 6.33. The van der Waals surface area contributed by atoms with Crippen molar-refractivity contribution < 1.29 is 9.21 Å². The van der Waals surface area contributed by atoms with E-state index in [1.807, 2.05) is 18.2 Å². The number of rotatable bonds is 4. The number of amides is 1. The van der Waals surface area contributed by atoms with Gasteiger partial charge in [0.05, 0.1) is 17.9 Å². The first-order valence-corrected chi connectivity index (χ1v) is 8.23. The molecule has 124 valence electrons. The van der Waals surface area contributed by atoms with Crippen molar-refractivity contribution >= 4 is 16.9 Å². The van der Waals surface area contributed by atoms with Gasteiger partial charge in [0, 0.05) is 30.2 Å². The van der Waals surface area contributed by atoms with Crippen LogP contribution in [0.15, 0.2) is 41.1 Å². The van der Waals surface area contributed by atoms with E-state index < -0.39 is 0 Å². The average Bonchev–Trinajstić information content (AvgIpc) is 3.23. The molecule has 0 saturated carbocycles. The van der Waals surface area contributed by atoms with E-state index in [2.05, 4.69) is 20.9 Å². The minimum atomic E-state index is -0.202. The van der Waals surface area contributed by atoms with Crippen molar-refractivity contribution in [2.45, 2.75) is 19.4 Å². The topological polar surface area (TPSA) is 88.2 Å². The number of nitrogens with two attached hydrogens (primary N) is 1. The van der Waals surface area contributed by atoms with Gasteiger partial charge in [-0.25, -0.2) is 4.98 Å². The van der Waals surface area contributed by atoms with Gasteiger partial charge in [0.15, 0.2) is 0 Å². The zero-order valence-electron chi connectivity index (χ0n) is 13.4. The number of primary amides is 1. The molecule has 4 heterocycles. The number of nitrogens with zero attached hydrogens (tertiary/aromatic N) is 2. The number of hydrogen-bond donors (Lipinski definition) is 2. The first-order chi connectivity index (χ1) is 11.7. The highest BCUT2D eigenvalue weighted by Gasteiger charge is 2.26. The van der Waals surface area contributed by atoms with E-state index in [0.29, 0.717) is 6.54 Å². The van der Waals surface area contributed by atoms with Gasteiger partial charge >= 0.3 is 0 Å². The van der Waals surface area contributed by atoms with Gasteiger partial charge in [-0.15, -0.1) is 0 Å². The molecule has 3 N–H and O–H groups in total. The number of furan rings is 1. The number of pyridine rings is 1. The van der Waals surface area contributed by atoms with E-state index in [1.54, 1.807) is 12.5 Å². The van der Waals surface area contributed by atoms with Crippen molar-refractivity contribution in [3.63, 3.8) is 0 Å². The van der Waals surface area contributed by atoms with Crippen molar-refractivity contribution in [2.24, 2.45) is 11.7 Å². The first kappa shape index (κ1) is 15.0. The molecule has 24 heavy (non-hydrogen) atoms. The molecule has 0 aromatic carbocycles. The largest absolute Gasteiger partial charge is 0.463 e. The predicted molar refractivity (Wildman–Crippen MR) is 91.0 cm³/mol.